The van der Waals surface area contributed by atoms with Crippen LogP contribution >= 0.6 is 0 Å². The minimum Gasteiger partial charge on any atom is -0.258 e. The molecule has 0 aliphatic heterocycles. The molecule has 0 amide bonds. The first-order chi connectivity index (χ1) is 5.24. The molecule has 0 saturated carbocycles. The van der Waals surface area contributed by atoms with Crippen molar-refractivity contribution in [1.29, 1.82) is 0 Å². The molecule has 1 nitrogen and oxygen atoms in total. The van der Waals surface area contributed by atoms with Crippen LogP contribution in [-0.4, -0.2) is 4.98 Å². The normalized spacial score (nSPS) is 10.1. The molecule has 1 aromatic heterocycles. The van der Waals surface area contributed by atoms with E-state index in [4.69, 9.17) is 0 Å². The molecule has 0 saturated heterocycles. The van der Waals surface area contributed by atoms with E-state index in [2.05, 4.69) is 37.9 Å². The summed E-state index contributed by atoms with van der Waals surface area (Å²) in [5.41, 5.74) is 3.66. The van der Waals surface area contributed by atoms with Gasteiger partial charge in [-0.25, -0.2) is 0 Å². The van der Waals surface area contributed by atoms with Crippen LogP contribution in [0.15, 0.2) is 12.1 Å². The molecule has 1 heteroatoms. The zero-order valence-corrected chi connectivity index (χ0v) is 7.52. The van der Waals surface area contributed by atoms with Gasteiger partial charge in [-0.3, -0.25) is 4.98 Å². The van der Waals surface area contributed by atoms with Gasteiger partial charge in [-0.05, 0) is 31.9 Å². The van der Waals surface area contributed by atoms with E-state index in [1.807, 2.05) is 0 Å². The summed E-state index contributed by atoms with van der Waals surface area (Å²) in [5, 5.41) is 0. The second-order valence-corrected chi connectivity index (χ2v) is 2.95. The molecule has 0 fully saturated rings. The van der Waals surface area contributed by atoms with E-state index >= 15 is 0 Å². The van der Waals surface area contributed by atoms with Crippen LogP contribution in [0, 0.1) is 13.8 Å². The molecule has 0 atom stereocenters. The van der Waals surface area contributed by atoms with Crippen LogP contribution in [0.3, 0.4) is 0 Å². The van der Waals surface area contributed by atoms with Gasteiger partial charge < -0.3 is 0 Å². The van der Waals surface area contributed by atoms with Crippen molar-refractivity contribution in [3.05, 3.63) is 29.1 Å². The third-order valence-electron chi connectivity index (χ3n) is 1.91. The van der Waals surface area contributed by atoms with Gasteiger partial charge in [-0.2, -0.15) is 0 Å². The second-order valence-electron chi connectivity index (χ2n) is 2.95. The third-order valence-corrected chi connectivity index (χ3v) is 1.91. The van der Waals surface area contributed by atoms with Gasteiger partial charge in [0, 0.05) is 11.4 Å². The molecule has 0 aromatic carbocycles. The average Bonchev–Trinajstić information content (AvgIpc) is 1.98. The topological polar surface area (TPSA) is 12.9 Å². The third kappa shape index (κ3) is 2.04. The van der Waals surface area contributed by atoms with Crippen LogP contribution in [0.25, 0.3) is 0 Å². The SMILES string of the molecule is CCCc1ccc(C)c(C)n1. The summed E-state index contributed by atoms with van der Waals surface area (Å²) in [6, 6.07) is 4.26. The number of nitrogens with zero attached hydrogens (tertiary/aromatic N) is 1. The van der Waals surface area contributed by atoms with Crippen molar-refractivity contribution in [2.75, 3.05) is 0 Å². The van der Waals surface area contributed by atoms with E-state index in [9.17, 15) is 0 Å². The summed E-state index contributed by atoms with van der Waals surface area (Å²) >= 11 is 0. The Kier molecular flexibility index (Phi) is 2.64. The average molecular weight is 149 g/mol. The summed E-state index contributed by atoms with van der Waals surface area (Å²) in [6.45, 7) is 6.34. The number of aryl methyl sites for hydroxylation is 3. The van der Waals surface area contributed by atoms with Crippen LogP contribution in [0.4, 0.5) is 0 Å². The number of aromatic nitrogens is 1. The van der Waals surface area contributed by atoms with Crippen molar-refractivity contribution < 1.29 is 0 Å². The Morgan fingerprint density at radius 3 is 2.55 bits per heavy atom. The van der Waals surface area contributed by atoms with Gasteiger partial charge in [0.05, 0.1) is 0 Å². The minimum absolute atomic E-state index is 1.10. The Bertz CT molecular complexity index is 241. The van der Waals surface area contributed by atoms with Crippen LogP contribution in [0.1, 0.15) is 30.3 Å². The van der Waals surface area contributed by atoms with E-state index in [1.165, 1.54) is 17.7 Å². The summed E-state index contributed by atoms with van der Waals surface area (Å²) in [5.74, 6) is 0. The minimum atomic E-state index is 1.10. The predicted octanol–water partition coefficient (Wildman–Crippen LogP) is 2.65. The van der Waals surface area contributed by atoms with Gasteiger partial charge in [-0.15, -0.1) is 0 Å². The summed E-state index contributed by atoms with van der Waals surface area (Å²) in [7, 11) is 0. The quantitative estimate of drug-likeness (QED) is 0.630. The van der Waals surface area contributed by atoms with Crippen molar-refractivity contribution in [3.63, 3.8) is 0 Å². The van der Waals surface area contributed by atoms with Gasteiger partial charge in [0.25, 0.3) is 0 Å². The highest BCUT2D eigenvalue weighted by Crippen LogP contribution is 2.06. The van der Waals surface area contributed by atoms with E-state index in [-0.39, 0.29) is 0 Å². The zero-order chi connectivity index (χ0) is 8.27. The lowest BCUT2D eigenvalue weighted by atomic mass is 10.1. The molecule has 1 heterocycles. The smallest absolute Gasteiger partial charge is 0.0406 e. The first kappa shape index (κ1) is 8.25. The van der Waals surface area contributed by atoms with Gasteiger partial charge in [0.2, 0.25) is 0 Å². The Labute approximate surface area is 68.5 Å². The van der Waals surface area contributed by atoms with E-state index in [1.54, 1.807) is 0 Å². The maximum atomic E-state index is 4.46. The Hall–Kier alpha value is -0.850. The van der Waals surface area contributed by atoms with Crippen molar-refractivity contribution in [1.82, 2.24) is 4.98 Å². The standard InChI is InChI=1S/C10H15N/c1-4-5-10-7-6-8(2)9(3)11-10/h6-7H,4-5H2,1-3H3. The van der Waals surface area contributed by atoms with Crippen LogP contribution < -0.4 is 0 Å². The highest BCUT2D eigenvalue weighted by molar-refractivity contribution is 5.20. The molecule has 0 unspecified atom stereocenters. The lowest BCUT2D eigenvalue weighted by molar-refractivity contribution is 0.871. The lowest BCUT2D eigenvalue weighted by Crippen LogP contribution is -1.93. The van der Waals surface area contributed by atoms with E-state index < -0.39 is 0 Å². The molecule has 1 rings (SSSR count). The molecular formula is C10H15N. The van der Waals surface area contributed by atoms with Crippen molar-refractivity contribution in [2.45, 2.75) is 33.6 Å². The molecule has 1 aromatic rings. The van der Waals surface area contributed by atoms with Crippen LogP contribution in [0.5, 0.6) is 0 Å². The fraction of sp³-hybridized carbons (Fsp3) is 0.500. The van der Waals surface area contributed by atoms with Gasteiger partial charge in [0.15, 0.2) is 0 Å². The highest BCUT2D eigenvalue weighted by atomic mass is 14.7. The number of pyridine rings is 1. The van der Waals surface area contributed by atoms with Crippen LogP contribution in [0.2, 0.25) is 0 Å². The van der Waals surface area contributed by atoms with Gasteiger partial charge >= 0.3 is 0 Å². The molecule has 0 N–H and O–H groups in total. The molecule has 0 aliphatic rings. The van der Waals surface area contributed by atoms with Crippen molar-refractivity contribution in [3.8, 4) is 0 Å². The molecular weight excluding hydrogens is 134 g/mol. The number of rotatable bonds is 2. The second kappa shape index (κ2) is 3.51. The largest absolute Gasteiger partial charge is 0.258 e. The predicted molar refractivity (Wildman–Crippen MR) is 47.7 cm³/mol. The Morgan fingerprint density at radius 1 is 1.27 bits per heavy atom. The Balaban J connectivity index is 2.86. The summed E-state index contributed by atoms with van der Waals surface area (Å²) in [4.78, 5) is 4.46. The maximum absolute atomic E-state index is 4.46. The van der Waals surface area contributed by atoms with Gasteiger partial charge in [0.1, 0.15) is 0 Å². The maximum Gasteiger partial charge on any atom is 0.0406 e. The fourth-order valence-corrected chi connectivity index (χ4v) is 1.08. The molecule has 0 spiro atoms. The van der Waals surface area contributed by atoms with Crippen molar-refractivity contribution in [2.24, 2.45) is 0 Å². The summed E-state index contributed by atoms with van der Waals surface area (Å²) in [6.07, 6.45) is 2.27. The fourth-order valence-electron chi connectivity index (χ4n) is 1.08. The van der Waals surface area contributed by atoms with Crippen molar-refractivity contribution >= 4 is 0 Å². The van der Waals surface area contributed by atoms with Gasteiger partial charge in [-0.1, -0.05) is 19.4 Å². The monoisotopic (exact) mass is 149 g/mol. The van der Waals surface area contributed by atoms with E-state index in [0.717, 1.165) is 12.1 Å². The zero-order valence-electron chi connectivity index (χ0n) is 7.52. The molecule has 0 radical (unpaired) electrons. The number of hydrogen-bond acceptors (Lipinski definition) is 1. The molecule has 11 heavy (non-hydrogen) atoms. The van der Waals surface area contributed by atoms with Crippen LogP contribution in [-0.2, 0) is 6.42 Å². The summed E-state index contributed by atoms with van der Waals surface area (Å²) < 4.78 is 0. The lowest BCUT2D eigenvalue weighted by Gasteiger charge is -2.01. The highest BCUT2D eigenvalue weighted by Gasteiger charge is 1.95. The Morgan fingerprint density at radius 2 is 2.00 bits per heavy atom. The van der Waals surface area contributed by atoms with E-state index in [0.29, 0.717) is 0 Å². The first-order valence-corrected chi connectivity index (χ1v) is 4.17. The molecule has 0 bridgehead atoms. The number of hydrogen-bond donors (Lipinski definition) is 0. The first-order valence-electron chi connectivity index (χ1n) is 4.17. The molecule has 0 aliphatic carbocycles. The molecule has 60 valence electrons.